The molecule has 2 nitrogen and oxygen atoms in total. The summed E-state index contributed by atoms with van der Waals surface area (Å²) in [7, 11) is 0. The Morgan fingerprint density at radius 1 is 1.24 bits per heavy atom. The third kappa shape index (κ3) is 5.42. The van der Waals surface area contributed by atoms with E-state index >= 15 is 0 Å². The second-order valence-electron chi connectivity index (χ2n) is 3.63. The minimum atomic E-state index is -0.676. The van der Waals surface area contributed by atoms with Crippen LogP contribution in [-0.4, -0.2) is 23.7 Å². The molecule has 96 valence electrons. The first kappa shape index (κ1) is 15.0. The summed E-state index contributed by atoms with van der Waals surface area (Å²) in [4.78, 5) is 1.23. The van der Waals surface area contributed by atoms with E-state index in [1.807, 2.05) is 13.8 Å². The molecule has 0 saturated carbocycles. The van der Waals surface area contributed by atoms with Crippen LogP contribution >= 0.6 is 27.7 Å². The minimum absolute atomic E-state index is 0.625. The quantitative estimate of drug-likeness (QED) is 0.426. The number of rotatable bonds is 7. The van der Waals surface area contributed by atoms with Crippen LogP contribution in [0, 0.1) is 6.92 Å². The van der Waals surface area contributed by atoms with Crippen molar-refractivity contribution in [3.63, 3.8) is 0 Å². The molecular weight excluding hydrogens is 300 g/mol. The van der Waals surface area contributed by atoms with Gasteiger partial charge in [-0.3, -0.25) is 0 Å². The Balaban J connectivity index is 2.57. The van der Waals surface area contributed by atoms with Crippen molar-refractivity contribution >= 4 is 27.7 Å². The number of thioether (sulfide) groups is 1. The lowest BCUT2D eigenvalue weighted by Crippen LogP contribution is -2.31. The largest absolute Gasteiger partial charge is 0.341 e. The van der Waals surface area contributed by atoms with Crippen LogP contribution in [0.4, 0.5) is 0 Å². The molecule has 0 radical (unpaired) electrons. The van der Waals surface area contributed by atoms with Crippen molar-refractivity contribution in [2.75, 3.05) is 19.0 Å². The summed E-state index contributed by atoms with van der Waals surface area (Å²) in [5, 5.41) is 0. The number of alkyl halides is 1. The molecule has 1 aromatic carbocycles. The maximum atomic E-state index is 5.60. The van der Waals surface area contributed by atoms with Gasteiger partial charge >= 0.3 is 0 Å². The summed E-state index contributed by atoms with van der Waals surface area (Å²) in [5.74, 6) is 0.720. The number of ether oxygens (including phenoxy) is 2. The lowest BCUT2D eigenvalue weighted by molar-refractivity contribution is -0.143. The van der Waals surface area contributed by atoms with Gasteiger partial charge in [-0.15, -0.1) is 11.8 Å². The van der Waals surface area contributed by atoms with Crippen molar-refractivity contribution in [2.24, 2.45) is 0 Å². The standard InChI is InChI=1S/C13H19BrO2S/c1-4-15-13(14,16-5-2)10-17-12-8-6-7-11(3)9-12/h6-9H,4-5,10H2,1-3H3. The third-order valence-electron chi connectivity index (χ3n) is 2.12. The van der Waals surface area contributed by atoms with E-state index in [-0.39, 0.29) is 0 Å². The summed E-state index contributed by atoms with van der Waals surface area (Å²) in [6, 6.07) is 8.42. The van der Waals surface area contributed by atoms with Crippen molar-refractivity contribution in [2.45, 2.75) is 30.4 Å². The zero-order valence-electron chi connectivity index (χ0n) is 10.5. The molecule has 0 aliphatic carbocycles. The maximum absolute atomic E-state index is 5.60. The van der Waals surface area contributed by atoms with E-state index in [1.165, 1.54) is 10.5 Å². The van der Waals surface area contributed by atoms with E-state index in [4.69, 9.17) is 9.47 Å². The van der Waals surface area contributed by atoms with Gasteiger partial charge in [0.25, 0.3) is 0 Å². The molecule has 0 spiro atoms. The maximum Gasteiger partial charge on any atom is 0.236 e. The molecule has 0 bridgehead atoms. The first-order valence-corrected chi connectivity index (χ1v) is 7.54. The summed E-state index contributed by atoms with van der Waals surface area (Å²) in [5.41, 5.74) is 1.27. The van der Waals surface area contributed by atoms with Crippen molar-refractivity contribution < 1.29 is 9.47 Å². The van der Waals surface area contributed by atoms with Gasteiger partial charge in [-0.1, -0.05) is 17.7 Å². The fourth-order valence-corrected chi connectivity index (χ4v) is 3.18. The molecule has 17 heavy (non-hydrogen) atoms. The molecule has 0 heterocycles. The molecule has 0 unspecified atom stereocenters. The molecule has 4 heteroatoms. The minimum Gasteiger partial charge on any atom is -0.341 e. The number of aryl methyl sites for hydroxylation is 1. The van der Waals surface area contributed by atoms with Crippen LogP contribution in [0.15, 0.2) is 29.2 Å². The molecule has 0 atom stereocenters. The van der Waals surface area contributed by atoms with Gasteiger partial charge in [0.2, 0.25) is 4.70 Å². The molecule has 1 rings (SSSR count). The Hall–Kier alpha value is -0.0300. The Bertz CT molecular complexity index is 338. The highest BCUT2D eigenvalue weighted by atomic mass is 79.9. The smallest absolute Gasteiger partial charge is 0.236 e. The van der Waals surface area contributed by atoms with Crippen LogP contribution in [0.2, 0.25) is 0 Å². The van der Waals surface area contributed by atoms with E-state index in [1.54, 1.807) is 11.8 Å². The lowest BCUT2D eigenvalue weighted by atomic mass is 10.2. The van der Waals surface area contributed by atoms with Crippen LogP contribution in [0.3, 0.4) is 0 Å². The molecular formula is C13H19BrO2S. The summed E-state index contributed by atoms with van der Waals surface area (Å²) in [6.45, 7) is 7.27. The van der Waals surface area contributed by atoms with Gasteiger partial charge in [-0.2, -0.15) is 0 Å². The van der Waals surface area contributed by atoms with Crippen LogP contribution in [0.1, 0.15) is 19.4 Å². The fraction of sp³-hybridized carbons (Fsp3) is 0.538. The molecule has 0 aromatic heterocycles. The van der Waals surface area contributed by atoms with Crippen LogP contribution < -0.4 is 0 Å². The fourth-order valence-electron chi connectivity index (χ4n) is 1.43. The molecule has 0 N–H and O–H groups in total. The van der Waals surface area contributed by atoms with Crippen LogP contribution in [0.5, 0.6) is 0 Å². The van der Waals surface area contributed by atoms with Gasteiger partial charge in [-0.05, 0) is 48.8 Å². The van der Waals surface area contributed by atoms with E-state index in [0.717, 1.165) is 5.75 Å². The highest BCUT2D eigenvalue weighted by molar-refractivity contribution is 9.10. The highest BCUT2D eigenvalue weighted by Crippen LogP contribution is 2.30. The molecule has 1 aromatic rings. The first-order valence-electron chi connectivity index (χ1n) is 5.76. The normalized spacial score (nSPS) is 11.8. The summed E-state index contributed by atoms with van der Waals surface area (Å²) < 4.78 is 10.5. The van der Waals surface area contributed by atoms with E-state index in [9.17, 15) is 0 Å². The lowest BCUT2D eigenvalue weighted by Gasteiger charge is -2.26. The SMILES string of the molecule is CCOC(Br)(CSc1cccc(C)c1)OCC. The van der Waals surface area contributed by atoms with Gasteiger partial charge in [0.15, 0.2) is 0 Å². The van der Waals surface area contributed by atoms with Gasteiger partial charge in [-0.25, -0.2) is 0 Å². The summed E-state index contributed by atoms with van der Waals surface area (Å²) in [6.07, 6.45) is 0. The van der Waals surface area contributed by atoms with E-state index < -0.39 is 4.70 Å². The zero-order chi connectivity index (χ0) is 12.7. The number of halogens is 1. The predicted octanol–water partition coefficient (Wildman–Crippen LogP) is 4.21. The Labute approximate surface area is 116 Å². The van der Waals surface area contributed by atoms with Gasteiger partial charge in [0.1, 0.15) is 0 Å². The van der Waals surface area contributed by atoms with Crippen LogP contribution in [0.25, 0.3) is 0 Å². The van der Waals surface area contributed by atoms with Crippen molar-refractivity contribution in [3.8, 4) is 0 Å². The van der Waals surface area contributed by atoms with Gasteiger partial charge < -0.3 is 9.47 Å². The Morgan fingerprint density at radius 2 is 1.88 bits per heavy atom. The van der Waals surface area contributed by atoms with Crippen LogP contribution in [-0.2, 0) is 9.47 Å². The summed E-state index contributed by atoms with van der Waals surface area (Å²) >= 11 is 5.24. The first-order chi connectivity index (χ1) is 8.09. The van der Waals surface area contributed by atoms with E-state index in [0.29, 0.717) is 13.2 Å². The zero-order valence-corrected chi connectivity index (χ0v) is 12.9. The van der Waals surface area contributed by atoms with E-state index in [2.05, 4.69) is 47.1 Å². The third-order valence-corrected chi connectivity index (χ3v) is 4.34. The molecule has 0 fully saturated rings. The second-order valence-corrected chi connectivity index (χ2v) is 5.89. The molecule has 0 aliphatic heterocycles. The average Bonchev–Trinajstić information content (AvgIpc) is 2.27. The molecule has 0 aliphatic rings. The topological polar surface area (TPSA) is 18.5 Å². The molecule has 0 amide bonds. The van der Waals surface area contributed by atoms with Crippen molar-refractivity contribution in [3.05, 3.63) is 29.8 Å². The average molecular weight is 319 g/mol. The Morgan fingerprint density at radius 3 is 2.41 bits per heavy atom. The van der Waals surface area contributed by atoms with Crippen molar-refractivity contribution in [1.82, 2.24) is 0 Å². The monoisotopic (exact) mass is 318 g/mol. The second kappa shape index (κ2) is 7.41. The van der Waals surface area contributed by atoms with Gasteiger partial charge in [0, 0.05) is 18.1 Å². The Kier molecular flexibility index (Phi) is 6.55. The van der Waals surface area contributed by atoms with Gasteiger partial charge in [0.05, 0.1) is 5.75 Å². The predicted molar refractivity (Wildman–Crippen MR) is 76.8 cm³/mol. The molecule has 0 saturated heterocycles. The number of hydrogen-bond acceptors (Lipinski definition) is 3. The number of benzene rings is 1. The van der Waals surface area contributed by atoms with Crippen molar-refractivity contribution in [1.29, 1.82) is 0 Å². The number of hydrogen-bond donors (Lipinski definition) is 0. The highest BCUT2D eigenvalue weighted by Gasteiger charge is 2.27.